The van der Waals surface area contributed by atoms with Gasteiger partial charge in [0.25, 0.3) is 5.69 Å². The van der Waals surface area contributed by atoms with Gasteiger partial charge in [0, 0.05) is 23.5 Å². The maximum absolute atomic E-state index is 10.9. The van der Waals surface area contributed by atoms with Crippen molar-refractivity contribution in [3.05, 3.63) is 46.3 Å². The second-order valence-electron chi connectivity index (χ2n) is 4.22. The topological polar surface area (TPSA) is 70.2 Å². The van der Waals surface area contributed by atoms with E-state index in [2.05, 4.69) is 28.0 Å². The van der Waals surface area contributed by atoms with E-state index in [0.717, 1.165) is 13.0 Å². The second-order valence-corrected chi connectivity index (χ2v) is 4.78. The van der Waals surface area contributed by atoms with Crippen LogP contribution in [0.4, 0.5) is 5.69 Å². The molecule has 106 valence electrons. The van der Waals surface area contributed by atoms with Crippen molar-refractivity contribution in [1.29, 1.82) is 0 Å². The second kappa shape index (κ2) is 6.51. The molecule has 2 aromatic rings. The van der Waals surface area contributed by atoms with Crippen LogP contribution in [0.2, 0.25) is 0 Å². The van der Waals surface area contributed by atoms with Gasteiger partial charge in [0.15, 0.2) is 5.75 Å². The maximum atomic E-state index is 10.9. The zero-order chi connectivity index (χ0) is 14.5. The van der Waals surface area contributed by atoms with E-state index >= 15 is 0 Å². The quantitative estimate of drug-likeness (QED) is 0.454. The summed E-state index contributed by atoms with van der Waals surface area (Å²) < 4.78 is 7.45. The first kappa shape index (κ1) is 14.5. The summed E-state index contributed by atoms with van der Waals surface area (Å²) >= 11 is 3.24. The molecule has 0 N–H and O–H groups in total. The van der Waals surface area contributed by atoms with E-state index in [1.165, 1.54) is 6.07 Å². The molecule has 1 heterocycles. The number of nitrogens with zero attached hydrogens (tertiary/aromatic N) is 3. The lowest BCUT2D eigenvalue weighted by molar-refractivity contribution is -0.385. The first-order valence-corrected chi connectivity index (χ1v) is 7.29. The number of halogens is 1. The maximum Gasteiger partial charge on any atom is 0.273 e. The molecule has 0 aliphatic carbocycles. The third-order valence-corrected chi connectivity index (χ3v) is 3.29. The van der Waals surface area contributed by atoms with E-state index in [1.807, 2.05) is 0 Å². The Bertz CT molecular complexity index is 613. The van der Waals surface area contributed by atoms with Crippen LogP contribution >= 0.6 is 15.9 Å². The Labute approximate surface area is 124 Å². The van der Waals surface area contributed by atoms with E-state index in [9.17, 15) is 10.1 Å². The first-order chi connectivity index (χ1) is 9.63. The molecule has 1 aromatic heterocycles. The van der Waals surface area contributed by atoms with Gasteiger partial charge in [-0.15, -0.1) is 0 Å². The SMILES string of the molecule is CCCn1cc(Oc2ccc([N+](=O)[O-])c(CBr)c2)cn1. The van der Waals surface area contributed by atoms with Crippen LogP contribution in [0.25, 0.3) is 0 Å². The summed E-state index contributed by atoms with van der Waals surface area (Å²) in [7, 11) is 0. The van der Waals surface area contributed by atoms with Crippen LogP contribution in [-0.4, -0.2) is 14.7 Å². The molecule has 0 bridgehead atoms. The van der Waals surface area contributed by atoms with Gasteiger partial charge in [0.2, 0.25) is 0 Å². The number of nitro groups is 1. The lowest BCUT2D eigenvalue weighted by Gasteiger charge is -2.05. The number of benzene rings is 1. The standard InChI is InChI=1S/C13H14BrN3O3/c1-2-5-16-9-12(8-15-16)20-11-3-4-13(17(18)19)10(6-11)7-14/h3-4,6,8-9H,2,5,7H2,1H3. The molecule has 2 rings (SSSR count). The number of hydrogen-bond acceptors (Lipinski definition) is 4. The number of rotatable bonds is 6. The molecular weight excluding hydrogens is 326 g/mol. The number of aromatic nitrogens is 2. The Hall–Kier alpha value is -1.89. The molecule has 7 heteroatoms. The number of alkyl halides is 1. The molecule has 1 aromatic carbocycles. The molecule has 0 saturated carbocycles. The smallest absolute Gasteiger partial charge is 0.273 e. The van der Waals surface area contributed by atoms with Gasteiger partial charge in [-0.3, -0.25) is 14.8 Å². The minimum Gasteiger partial charge on any atom is -0.454 e. The van der Waals surface area contributed by atoms with Gasteiger partial charge < -0.3 is 4.74 Å². The Balaban J connectivity index is 2.18. The van der Waals surface area contributed by atoms with Crippen molar-refractivity contribution in [3.63, 3.8) is 0 Å². The molecule has 0 aliphatic rings. The van der Waals surface area contributed by atoms with Crippen LogP contribution < -0.4 is 4.74 Å². The zero-order valence-corrected chi connectivity index (χ0v) is 12.5. The van der Waals surface area contributed by atoms with Crippen molar-refractivity contribution in [2.24, 2.45) is 0 Å². The molecule has 0 atom stereocenters. The van der Waals surface area contributed by atoms with Crippen LogP contribution in [0.1, 0.15) is 18.9 Å². The molecule has 0 aliphatic heterocycles. The summed E-state index contributed by atoms with van der Waals surface area (Å²) in [4.78, 5) is 10.5. The molecule has 0 unspecified atom stereocenters. The van der Waals surface area contributed by atoms with Crippen LogP contribution in [0.3, 0.4) is 0 Å². The van der Waals surface area contributed by atoms with E-state index in [-0.39, 0.29) is 5.69 Å². The minimum atomic E-state index is -0.403. The predicted molar refractivity (Wildman–Crippen MR) is 78.3 cm³/mol. The average molecular weight is 340 g/mol. The normalized spacial score (nSPS) is 10.5. The largest absolute Gasteiger partial charge is 0.454 e. The van der Waals surface area contributed by atoms with Crippen LogP contribution in [0.15, 0.2) is 30.6 Å². The fraction of sp³-hybridized carbons (Fsp3) is 0.308. The van der Waals surface area contributed by atoms with Gasteiger partial charge in [-0.25, -0.2) is 0 Å². The summed E-state index contributed by atoms with van der Waals surface area (Å²) in [6, 6.07) is 4.69. The van der Waals surface area contributed by atoms with Gasteiger partial charge in [0.05, 0.1) is 17.3 Å². The third-order valence-electron chi connectivity index (χ3n) is 2.69. The predicted octanol–water partition coefficient (Wildman–Crippen LogP) is 3.89. The number of hydrogen-bond donors (Lipinski definition) is 0. The summed E-state index contributed by atoms with van der Waals surface area (Å²) in [6.45, 7) is 2.90. The summed E-state index contributed by atoms with van der Waals surface area (Å²) in [5.74, 6) is 1.17. The highest BCUT2D eigenvalue weighted by Gasteiger charge is 2.14. The summed E-state index contributed by atoms with van der Waals surface area (Å²) in [5.41, 5.74) is 0.657. The first-order valence-electron chi connectivity index (χ1n) is 6.17. The van der Waals surface area contributed by atoms with Crippen molar-refractivity contribution in [1.82, 2.24) is 9.78 Å². The van der Waals surface area contributed by atoms with Gasteiger partial charge in [-0.1, -0.05) is 22.9 Å². The van der Waals surface area contributed by atoms with E-state index < -0.39 is 4.92 Å². The zero-order valence-electron chi connectivity index (χ0n) is 11.0. The lowest BCUT2D eigenvalue weighted by atomic mass is 10.2. The molecule has 0 spiro atoms. The molecular formula is C13H14BrN3O3. The highest BCUT2D eigenvalue weighted by molar-refractivity contribution is 9.08. The number of nitro benzene ring substituents is 1. The van der Waals surface area contributed by atoms with Crippen molar-refractivity contribution >= 4 is 21.6 Å². The third kappa shape index (κ3) is 3.36. The Morgan fingerprint density at radius 1 is 1.45 bits per heavy atom. The molecule has 0 amide bonds. The molecule has 0 saturated heterocycles. The van der Waals surface area contributed by atoms with Crippen molar-refractivity contribution < 1.29 is 9.66 Å². The fourth-order valence-corrected chi connectivity index (χ4v) is 2.24. The Morgan fingerprint density at radius 2 is 2.25 bits per heavy atom. The summed E-state index contributed by atoms with van der Waals surface area (Å²) in [5, 5.41) is 15.4. The molecule has 0 fully saturated rings. The van der Waals surface area contributed by atoms with Crippen LogP contribution in [0.5, 0.6) is 11.5 Å². The van der Waals surface area contributed by atoms with Gasteiger partial charge in [0.1, 0.15) is 5.75 Å². The van der Waals surface area contributed by atoms with E-state index in [1.54, 1.807) is 29.2 Å². The lowest BCUT2D eigenvalue weighted by Crippen LogP contribution is -1.95. The van der Waals surface area contributed by atoms with Gasteiger partial charge >= 0.3 is 0 Å². The molecule has 0 radical (unpaired) electrons. The minimum absolute atomic E-state index is 0.0795. The van der Waals surface area contributed by atoms with Crippen LogP contribution in [0, 0.1) is 10.1 Å². The Kier molecular flexibility index (Phi) is 4.73. The summed E-state index contributed by atoms with van der Waals surface area (Å²) in [6.07, 6.45) is 4.43. The van der Waals surface area contributed by atoms with Gasteiger partial charge in [-0.2, -0.15) is 5.10 Å². The molecule has 20 heavy (non-hydrogen) atoms. The average Bonchev–Trinajstić information content (AvgIpc) is 2.86. The van der Waals surface area contributed by atoms with Crippen molar-refractivity contribution in [3.8, 4) is 11.5 Å². The fourth-order valence-electron chi connectivity index (χ4n) is 1.80. The van der Waals surface area contributed by atoms with Gasteiger partial charge in [-0.05, 0) is 18.6 Å². The van der Waals surface area contributed by atoms with Crippen LogP contribution in [-0.2, 0) is 11.9 Å². The number of ether oxygens (including phenoxy) is 1. The van der Waals surface area contributed by atoms with E-state index in [0.29, 0.717) is 22.4 Å². The highest BCUT2D eigenvalue weighted by Crippen LogP contribution is 2.28. The Morgan fingerprint density at radius 3 is 2.90 bits per heavy atom. The number of aryl methyl sites for hydroxylation is 1. The van der Waals surface area contributed by atoms with Crippen molar-refractivity contribution in [2.45, 2.75) is 25.2 Å². The molecule has 6 nitrogen and oxygen atoms in total. The highest BCUT2D eigenvalue weighted by atomic mass is 79.9. The van der Waals surface area contributed by atoms with E-state index in [4.69, 9.17) is 4.74 Å². The monoisotopic (exact) mass is 339 g/mol. The van der Waals surface area contributed by atoms with Crippen molar-refractivity contribution in [2.75, 3.05) is 0 Å².